The van der Waals surface area contributed by atoms with Gasteiger partial charge < -0.3 is 14.2 Å². The minimum absolute atomic E-state index is 0.167. The highest BCUT2D eigenvalue weighted by Crippen LogP contribution is 2.04. The van der Waals surface area contributed by atoms with Crippen LogP contribution in [0.15, 0.2) is 0 Å². The Bertz CT molecular complexity index is 169. The predicted molar refractivity (Wildman–Crippen MR) is 71.3 cm³/mol. The second-order valence-corrected chi connectivity index (χ2v) is 5.43. The van der Waals surface area contributed by atoms with E-state index < -0.39 is 0 Å². The lowest BCUT2D eigenvalue weighted by molar-refractivity contribution is -0.0445. The van der Waals surface area contributed by atoms with Crippen LogP contribution in [0.1, 0.15) is 41.5 Å². The fraction of sp³-hybridized carbons (Fsp3) is 1.00. The van der Waals surface area contributed by atoms with Crippen molar-refractivity contribution >= 4 is 0 Å². The Kier molecular flexibility index (Phi) is 9.79. The van der Waals surface area contributed by atoms with Gasteiger partial charge in [-0.05, 0) is 25.7 Å². The van der Waals surface area contributed by atoms with E-state index in [1.807, 2.05) is 6.92 Å². The van der Waals surface area contributed by atoms with Gasteiger partial charge >= 0.3 is 0 Å². The standard InChI is InChI=1S/C14H30O3/c1-11(2)9-17-13(5)10-15-7-8-16-14(6)12(3)4/h11-14H,7-10H2,1-6H3. The summed E-state index contributed by atoms with van der Waals surface area (Å²) < 4.78 is 16.7. The SMILES string of the molecule is CC(C)COC(C)COCCOC(C)C(C)C. The maximum Gasteiger partial charge on any atom is 0.0780 e. The van der Waals surface area contributed by atoms with Crippen LogP contribution in [0.3, 0.4) is 0 Å². The largest absolute Gasteiger partial charge is 0.376 e. The number of ether oxygens (including phenoxy) is 3. The molecule has 17 heavy (non-hydrogen) atoms. The van der Waals surface area contributed by atoms with Crippen molar-refractivity contribution in [3.63, 3.8) is 0 Å². The lowest BCUT2D eigenvalue weighted by atomic mass is 10.1. The summed E-state index contributed by atoms with van der Waals surface area (Å²) >= 11 is 0. The van der Waals surface area contributed by atoms with Crippen LogP contribution in [0.25, 0.3) is 0 Å². The fourth-order valence-corrected chi connectivity index (χ4v) is 1.14. The summed E-state index contributed by atoms with van der Waals surface area (Å²) in [5, 5.41) is 0. The summed E-state index contributed by atoms with van der Waals surface area (Å²) in [7, 11) is 0. The molecule has 3 heteroatoms. The van der Waals surface area contributed by atoms with Crippen LogP contribution in [-0.2, 0) is 14.2 Å². The monoisotopic (exact) mass is 246 g/mol. The van der Waals surface area contributed by atoms with Crippen molar-refractivity contribution in [1.29, 1.82) is 0 Å². The molecule has 0 aliphatic carbocycles. The normalized spacial score (nSPS) is 15.5. The van der Waals surface area contributed by atoms with Gasteiger partial charge in [-0.2, -0.15) is 0 Å². The highest BCUT2D eigenvalue weighted by Gasteiger charge is 2.07. The molecule has 0 spiro atoms. The Morgan fingerprint density at radius 2 is 1.41 bits per heavy atom. The van der Waals surface area contributed by atoms with E-state index in [2.05, 4.69) is 34.6 Å². The second-order valence-electron chi connectivity index (χ2n) is 5.43. The van der Waals surface area contributed by atoms with Crippen LogP contribution >= 0.6 is 0 Å². The summed E-state index contributed by atoms with van der Waals surface area (Å²) in [5.74, 6) is 1.14. The van der Waals surface area contributed by atoms with Gasteiger partial charge in [-0.1, -0.05) is 27.7 Å². The van der Waals surface area contributed by atoms with Gasteiger partial charge in [0.15, 0.2) is 0 Å². The van der Waals surface area contributed by atoms with Crippen molar-refractivity contribution in [2.24, 2.45) is 11.8 Å². The van der Waals surface area contributed by atoms with Gasteiger partial charge in [0.25, 0.3) is 0 Å². The molecule has 0 amide bonds. The van der Waals surface area contributed by atoms with Crippen molar-refractivity contribution < 1.29 is 14.2 Å². The molecule has 0 rings (SSSR count). The number of hydrogen-bond donors (Lipinski definition) is 0. The molecule has 0 radical (unpaired) electrons. The highest BCUT2D eigenvalue weighted by atomic mass is 16.5. The molecule has 0 aliphatic rings. The summed E-state index contributed by atoms with van der Waals surface area (Å²) in [6, 6.07) is 0. The van der Waals surface area contributed by atoms with E-state index in [1.54, 1.807) is 0 Å². The molecule has 2 unspecified atom stereocenters. The molecular formula is C14H30O3. The molecule has 0 aromatic carbocycles. The van der Waals surface area contributed by atoms with Gasteiger partial charge in [-0.3, -0.25) is 0 Å². The molecule has 3 nitrogen and oxygen atoms in total. The number of hydrogen-bond acceptors (Lipinski definition) is 3. The first-order valence-corrected chi connectivity index (χ1v) is 6.74. The summed E-state index contributed by atoms with van der Waals surface area (Å²) in [6.45, 7) is 15.5. The number of rotatable bonds is 10. The quantitative estimate of drug-likeness (QED) is 0.554. The highest BCUT2D eigenvalue weighted by molar-refractivity contribution is 4.54. The third-order valence-corrected chi connectivity index (χ3v) is 2.61. The first-order chi connectivity index (χ1) is 7.93. The van der Waals surface area contributed by atoms with Crippen molar-refractivity contribution in [2.75, 3.05) is 26.4 Å². The van der Waals surface area contributed by atoms with E-state index in [1.165, 1.54) is 0 Å². The maximum atomic E-state index is 5.62. The topological polar surface area (TPSA) is 27.7 Å². The van der Waals surface area contributed by atoms with Crippen LogP contribution in [0, 0.1) is 11.8 Å². The minimum Gasteiger partial charge on any atom is -0.376 e. The van der Waals surface area contributed by atoms with E-state index in [4.69, 9.17) is 14.2 Å². The summed E-state index contributed by atoms with van der Waals surface area (Å²) in [5.41, 5.74) is 0. The Balaban J connectivity index is 3.33. The molecule has 2 atom stereocenters. The summed E-state index contributed by atoms with van der Waals surface area (Å²) in [6.07, 6.45) is 0.466. The Hall–Kier alpha value is -0.120. The zero-order chi connectivity index (χ0) is 13.3. The molecule has 104 valence electrons. The predicted octanol–water partition coefficient (Wildman–Crippen LogP) is 3.13. The van der Waals surface area contributed by atoms with Crippen LogP contribution in [0.5, 0.6) is 0 Å². The Morgan fingerprint density at radius 1 is 0.765 bits per heavy atom. The van der Waals surface area contributed by atoms with E-state index >= 15 is 0 Å². The van der Waals surface area contributed by atoms with Crippen LogP contribution < -0.4 is 0 Å². The molecule has 0 saturated heterocycles. The molecule has 0 bridgehead atoms. The van der Waals surface area contributed by atoms with E-state index in [9.17, 15) is 0 Å². The van der Waals surface area contributed by atoms with Gasteiger partial charge in [0.2, 0.25) is 0 Å². The van der Waals surface area contributed by atoms with Gasteiger partial charge in [0.1, 0.15) is 0 Å². The van der Waals surface area contributed by atoms with Gasteiger partial charge in [0, 0.05) is 6.61 Å². The molecule has 0 aromatic rings. The van der Waals surface area contributed by atoms with Crippen molar-refractivity contribution in [3.8, 4) is 0 Å². The first-order valence-electron chi connectivity index (χ1n) is 6.74. The molecule has 0 fully saturated rings. The van der Waals surface area contributed by atoms with Crippen molar-refractivity contribution in [1.82, 2.24) is 0 Å². The van der Waals surface area contributed by atoms with Crippen molar-refractivity contribution in [3.05, 3.63) is 0 Å². The minimum atomic E-state index is 0.167. The molecule has 0 aliphatic heterocycles. The molecule has 0 saturated carbocycles. The lowest BCUT2D eigenvalue weighted by Crippen LogP contribution is -2.22. The van der Waals surface area contributed by atoms with Gasteiger partial charge in [-0.25, -0.2) is 0 Å². The molecule has 0 aromatic heterocycles. The second kappa shape index (κ2) is 9.86. The smallest absolute Gasteiger partial charge is 0.0780 e. The Labute approximate surface area is 107 Å². The van der Waals surface area contributed by atoms with Crippen LogP contribution in [0.4, 0.5) is 0 Å². The van der Waals surface area contributed by atoms with E-state index in [0.717, 1.165) is 6.61 Å². The lowest BCUT2D eigenvalue weighted by Gasteiger charge is -2.18. The molecule has 0 N–H and O–H groups in total. The van der Waals surface area contributed by atoms with Gasteiger partial charge in [0.05, 0.1) is 32.0 Å². The summed E-state index contributed by atoms with van der Waals surface area (Å²) in [4.78, 5) is 0. The maximum absolute atomic E-state index is 5.62. The third-order valence-electron chi connectivity index (χ3n) is 2.61. The zero-order valence-electron chi connectivity index (χ0n) is 12.4. The third kappa shape index (κ3) is 10.7. The van der Waals surface area contributed by atoms with Crippen molar-refractivity contribution in [2.45, 2.75) is 53.8 Å². The molecular weight excluding hydrogens is 216 g/mol. The van der Waals surface area contributed by atoms with E-state index in [0.29, 0.717) is 37.8 Å². The zero-order valence-corrected chi connectivity index (χ0v) is 12.4. The fourth-order valence-electron chi connectivity index (χ4n) is 1.14. The average Bonchev–Trinajstić information content (AvgIpc) is 2.25. The Morgan fingerprint density at radius 3 is 1.94 bits per heavy atom. The van der Waals surface area contributed by atoms with Crippen LogP contribution in [0.2, 0.25) is 0 Å². The first kappa shape index (κ1) is 16.9. The van der Waals surface area contributed by atoms with Crippen LogP contribution in [-0.4, -0.2) is 38.6 Å². The average molecular weight is 246 g/mol. The van der Waals surface area contributed by atoms with Gasteiger partial charge in [-0.15, -0.1) is 0 Å². The molecule has 0 heterocycles. The van der Waals surface area contributed by atoms with E-state index in [-0.39, 0.29) is 6.10 Å².